The van der Waals surface area contributed by atoms with Crippen molar-refractivity contribution in [3.05, 3.63) is 16.1 Å². The number of thiazole rings is 1. The molecule has 1 saturated heterocycles. The first-order chi connectivity index (χ1) is 13.0. The maximum Gasteiger partial charge on any atom is 0.191 e. The van der Waals surface area contributed by atoms with E-state index in [4.69, 9.17) is 14.5 Å². The molecule has 28 heavy (non-hydrogen) atoms. The number of nitrogens with zero attached hydrogens (tertiary/aromatic N) is 2. The largest absolute Gasteiger partial charge is 0.381 e. The summed E-state index contributed by atoms with van der Waals surface area (Å²) in [7, 11) is 0. The molecule has 0 aliphatic carbocycles. The molecule has 0 atom stereocenters. The lowest BCUT2D eigenvalue weighted by molar-refractivity contribution is 0.0203. The predicted molar refractivity (Wildman–Crippen MR) is 128 cm³/mol. The van der Waals surface area contributed by atoms with E-state index in [1.165, 1.54) is 0 Å². The Morgan fingerprint density at radius 2 is 2.07 bits per heavy atom. The van der Waals surface area contributed by atoms with Crippen LogP contribution in [0.4, 0.5) is 0 Å². The maximum atomic E-state index is 5.81. The molecule has 1 aliphatic rings. The Morgan fingerprint density at radius 3 is 2.71 bits per heavy atom. The number of rotatable bonds is 9. The molecule has 1 aliphatic heterocycles. The summed E-state index contributed by atoms with van der Waals surface area (Å²) in [5, 5.41) is 9.87. The number of hydrogen-bond donors (Lipinski definition) is 2. The number of aliphatic imine (C=N–C) groups is 1. The van der Waals surface area contributed by atoms with Crippen molar-refractivity contribution < 1.29 is 9.47 Å². The minimum Gasteiger partial charge on any atom is -0.381 e. The Morgan fingerprint density at radius 1 is 1.32 bits per heavy atom. The molecule has 0 radical (unpaired) electrons. The highest BCUT2D eigenvalue weighted by Crippen LogP contribution is 2.24. The van der Waals surface area contributed by atoms with Crippen molar-refractivity contribution in [2.24, 2.45) is 10.9 Å². The van der Waals surface area contributed by atoms with Crippen LogP contribution in [0, 0.1) is 5.92 Å². The topological polar surface area (TPSA) is 67.8 Å². The van der Waals surface area contributed by atoms with Crippen LogP contribution in [0.3, 0.4) is 0 Å². The summed E-state index contributed by atoms with van der Waals surface area (Å²) in [6.07, 6.45) is 3.23. The summed E-state index contributed by atoms with van der Waals surface area (Å²) in [4.78, 5) is 9.36. The van der Waals surface area contributed by atoms with E-state index in [-0.39, 0.29) is 29.4 Å². The summed E-state index contributed by atoms with van der Waals surface area (Å²) >= 11 is 1.68. The van der Waals surface area contributed by atoms with E-state index < -0.39 is 0 Å². The van der Waals surface area contributed by atoms with Crippen LogP contribution in [0.1, 0.15) is 57.7 Å². The SMILES string of the molecule is CCNC(=NCc1nc(C(C)(C)C)cs1)NCCCOCC1CCOCC1.I. The van der Waals surface area contributed by atoms with E-state index in [0.717, 1.165) is 75.4 Å². The number of aromatic nitrogens is 1. The zero-order chi connectivity index (χ0) is 19.5. The van der Waals surface area contributed by atoms with Gasteiger partial charge in [0.1, 0.15) is 5.01 Å². The second kappa shape index (κ2) is 13.7. The van der Waals surface area contributed by atoms with Crippen LogP contribution >= 0.6 is 35.3 Å². The van der Waals surface area contributed by atoms with Crippen LogP contribution in [0.15, 0.2) is 10.4 Å². The van der Waals surface area contributed by atoms with E-state index in [0.29, 0.717) is 12.5 Å². The quantitative estimate of drug-likeness (QED) is 0.222. The van der Waals surface area contributed by atoms with Gasteiger partial charge in [0, 0.05) is 50.3 Å². The van der Waals surface area contributed by atoms with Gasteiger partial charge in [0.2, 0.25) is 0 Å². The zero-order valence-electron chi connectivity index (χ0n) is 17.8. The maximum absolute atomic E-state index is 5.81. The molecule has 1 aromatic rings. The lowest BCUT2D eigenvalue weighted by Gasteiger charge is -2.21. The van der Waals surface area contributed by atoms with E-state index in [1.807, 2.05) is 0 Å². The number of guanidine groups is 1. The van der Waals surface area contributed by atoms with Gasteiger partial charge in [0.15, 0.2) is 5.96 Å². The number of hydrogen-bond acceptors (Lipinski definition) is 5. The minimum atomic E-state index is 0. The monoisotopic (exact) mass is 524 g/mol. The summed E-state index contributed by atoms with van der Waals surface area (Å²) in [6, 6.07) is 0. The molecule has 0 amide bonds. The molecular formula is C20H37IN4O2S. The summed E-state index contributed by atoms with van der Waals surface area (Å²) in [6.45, 7) is 14.3. The van der Waals surface area contributed by atoms with Gasteiger partial charge >= 0.3 is 0 Å². The normalized spacial score (nSPS) is 15.9. The van der Waals surface area contributed by atoms with Gasteiger partial charge < -0.3 is 20.1 Å². The Hall–Kier alpha value is -0.450. The molecule has 8 heteroatoms. The van der Waals surface area contributed by atoms with Gasteiger partial charge in [-0.15, -0.1) is 35.3 Å². The fraction of sp³-hybridized carbons (Fsp3) is 0.800. The Labute approximate surface area is 191 Å². The summed E-state index contributed by atoms with van der Waals surface area (Å²) in [5.41, 5.74) is 1.23. The predicted octanol–water partition coefficient (Wildman–Crippen LogP) is 3.95. The number of ether oxygens (including phenoxy) is 2. The highest BCUT2D eigenvalue weighted by Gasteiger charge is 2.17. The average molecular weight is 525 g/mol. The number of nitrogens with one attached hydrogen (secondary N) is 2. The molecule has 162 valence electrons. The van der Waals surface area contributed by atoms with Crippen molar-refractivity contribution in [2.75, 3.05) is 39.5 Å². The fourth-order valence-electron chi connectivity index (χ4n) is 2.76. The molecule has 2 rings (SSSR count). The van der Waals surface area contributed by atoms with Crippen molar-refractivity contribution in [1.82, 2.24) is 15.6 Å². The molecule has 1 aromatic heterocycles. The first-order valence-corrected chi connectivity index (χ1v) is 11.0. The second-order valence-electron chi connectivity index (χ2n) is 7.98. The van der Waals surface area contributed by atoms with E-state index >= 15 is 0 Å². The average Bonchev–Trinajstić information content (AvgIpc) is 3.13. The third-order valence-corrected chi connectivity index (χ3v) is 5.32. The molecule has 0 bridgehead atoms. The van der Waals surface area contributed by atoms with Gasteiger partial charge in [-0.1, -0.05) is 20.8 Å². The first kappa shape index (κ1) is 25.6. The highest BCUT2D eigenvalue weighted by molar-refractivity contribution is 14.0. The van der Waals surface area contributed by atoms with E-state index in [1.54, 1.807) is 11.3 Å². The van der Waals surface area contributed by atoms with Gasteiger partial charge in [0.05, 0.1) is 12.2 Å². The van der Waals surface area contributed by atoms with Gasteiger partial charge in [-0.2, -0.15) is 0 Å². The Kier molecular flexibility index (Phi) is 12.5. The smallest absolute Gasteiger partial charge is 0.191 e. The van der Waals surface area contributed by atoms with Crippen LogP contribution in [-0.2, 0) is 21.4 Å². The molecule has 0 saturated carbocycles. The zero-order valence-corrected chi connectivity index (χ0v) is 20.9. The third-order valence-electron chi connectivity index (χ3n) is 4.49. The standard InChI is InChI=1S/C20H36N4O2S.HI/c1-5-21-19(23-13-18-24-17(15-27-18)20(2,3)4)22-9-6-10-26-14-16-7-11-25-12-8-16;/h15-16H,5-14H2,1-4H3,(H2,21,22,23);1H. The van der Waals surface area contributed by atoms with Crippen molar-refractivity contribution in [3.8, 4) is 0 Å². The molecule has 1 fully saturated rings. The first-order valence-electron chi connectivity index (χ1n) is 10.1. The van der Waals surface area contributed by atoms with Crippen molar-refractivity contribution in [1.29, 1.82) is 0 Å². The van der Waals surface area contributed by atoms with Gasteiger partial charge in [0.25, 0.3) is 0 Å². The van der Waals surface area contributed by atoms with E-state index in [2.05, 4.69) is 48.7 Å². The Balaban J connectivity index is 0.00000392. The Bertz CT molecular complexity index is 569. The third kappa shape index (κ3) is 9.84. The molecular weight excluding hydrogens is 487 g/mol. The molecule has 0 spiro atoms. The highest BCUT2D eigenvalue weighted by atomic mass is 127. The van der Waals surface area contributed by atoms with E-state index in [9.17, 15) is 0 Å². The number of halogens is 1. The molecule has 2 heterocycles. The van der Waals surface area contributed by atoms with Gasteiger partial charge in [-0.25, -0.2) is 9.98 Å². The van der Waals surface area contributed by atoms with Crippen LogP contribution < -0.4 is 10.6 Å². The molecule has 0 unspecified atom stereocenters. The minimum absolute atomic E-state index is 0. The van der Waals surface area contributed by atoms with Crippen molar-refractivity contribution in [2.45, 2.75) is 58.9 Å². The lowest BCUT2D eigenvalue weighted by atomic mass is 9.93. The van der Waals surface area contributed by atoms with Crippen LogP contribution in [0.5, 0.6) is 0 Å². The van der Waals surface area contributed by atoms with Gasteiger partial charge in [-0.3, -0.25) is 0 Å². The van der Waals surface area contributed by atoms with Crippen molar-refractivity contribution >= 4 is 41.3 Å². The molecule has 0 aromatic carbocycles. The van der Waals surface area contributed by atoms with Crippen molar-refractivity contribution in [3.63, 3.8) is 0 Å². The van der Waals surface area contributed by atoms with Crippen LogP contribution in [0.25, 0.3) is 0 Å². The molecule has 2 N–H and O–H groups in total. The molecule has 6 nitrogen and oxygen atoms in total. The van der Waals surface area contributed by atoms with Crippen LogP contribution in [0.2, 0.25) is 0 Å². The summed E-state index contributed by atoms with van der Waals surface area (Å²) in [5.74, 6) is 1.51. The van der Waals surface area contributed by atoms with Crippen LogP contribution in [-0.4, -0.2) is 50.5 Å². The summed E-state index contributed by atoms with van der Waals surface area (Å²) < 4.78 is 11.2. The fourth-order valence-corrected chi connectivity index (χ4v) is 3.70. The second-order valence-corrected chi connectivity index (χ2v) is 8.93. The lowest BCUT2D eigenvalue weighted by Crippen LogP contribution is -2.38. The van der Waals surface area contributed by atoms with Gasteiger partial charge in [-0.05, 0) is 32.1 Å².